The third kappa shape index (κ3) is 6.52. The van der Waals surface area contributed by atoms with E-state index in [-0.39, 0.29) is 0 Å². The van der Waals surface area contributed by atoms with Crippen molar-refractivity contribution in [2.75, 3.05) is 14.2 Å². The zero-order chi connectivity index (χ0) is 17.9. The number of ether oxygens (including phenoxy) is 2. The fourth-order valence-corrected chi connectivity index (χ4v) is 2.16. The van der Waals surface area contributed by atoms with Gasteiger partial charge in [-0.3, -0.25) is 0 Å². The van der Waals surface area contributed by atoms with Crippen molar-refractivity contribution in [3.05, 3.63) is 33.5 Å². The van der Waals surface area contributed by atoms with Crippen molar-refractivity contribution in [1.82, 2.24) is 9.97 Å². The fraction of sp³-hybridized carbons (Fsp3) is 0.143. The number of thiocarbonyl (C=S) groups is 2. The van der Waals surface area contributed by atoms with Gasteiger partial charge in [0.05, 0.1) is 24.5 Å². The first-order valence-corrected chi connectivity index (χ1v) is 8.52. The molecule has 6 nitrogen and oxygen atoms in total. The Morgan fingerprint density at radius 3 is 1.50 bits per heavy atom. The summed E-state index contributed by atoms with van der Waals surface area (Å²) in [5, 5.41) is 4.46. The molecule has 124 valence electrons. The van der Waals surface area contributed by atoms with E-state index in [0.717, 1.165) is 0 Å². The molecular weight excluding hydrogens is 480 g/mol. The average molecular weight is 490 g/mol. The van der Waals surface area contributed by atoms with Crippen molar-refractivity contribution in [1.29, 1.82) is 0 Å². The summed E-state index contributed by atoms with van der Waals surface area (Å²) >= 11 is 15.3. The van der Waals surface area contributed by atoms with Gasteiger partial charge in [0.1, 0.15) is 9.21 Å². The van der Waals surface area contributed by atoms with Gasteiger partial charge in [-0.2, -0.15) is 9.98 Å². The summed E-state index contributed by atoms with van der Waals surface area (Å²) in [6, 6.07) is 7.04. The molecule has 0 saturated carbocycles. The molecule has 0 amide bonds. The van der Waals surface area contributed by atoms with Crippen molar-refractivity contribution in [3.63, 3.8) is 0 Å². The zero-order valence-electron chi connectivity index (χ0n) is 12.5. The van der Waals surface area contributed by atoms with E-state index in [0.29, 0.717) is 32.3 Å². The lowest BCUT2D eigenvalue weighted by Gasteiger charge is -2.01. The normalized spacial score (nSPS) is 8.83. The van der Waals surface area contributed by atoms with E-state index in [9.17, 15) is 0 Å². The first kappa shape index (κ1) is 20.5. The molecule has 2 rings (SSSR count). The predicted molar refractivity (Wildman–Crippen MR) is 106 cm³/mol. The van der Waals surface area contributed by atoms with Gasteiger partial charge >= 0.3 is 0 Å². The summed E-state index contributed by atoms with van der Waals surface area (Å²) in [5.41, 5.74) is 0. The summed E-state index contributed by atoms with van der Waals surface area (Å²) in [6.45, 7) is 0. The molecule has 0 aliphatic carbocycles. The summed E-state index contributed by atoms with van der Waals surface area (Å²) in [5.74, 6) is 2.02. The highest BCUT2D eigenvalue weighted by molar-refractivity contribution is 9.10. The Balaban J connectivity index is 0.000000240. The van der Waals surface area contributed by atoms with Gasteiger partial charge in [-0.15, -0.1) is 0 Å². The van der Waals surface area contributed by atoms with E-state index in [1.807, 2.05) is 0 Å². The van der Waals surface area contributed by atoms with Crippen molar-refractivity contribution in [3.8, 4) is 11.5 Å². The van der Waals surface area contributed by atoms with Crippen molar-refractivity contribution in [2.24, 2.45) is 9.98 Å². The van der Waals surface area contributed by atoms with Gasteiger partial charge in [0.25, 0.3) is 0 Å². The van der Waals surface area contributed by atoms with Crippen LogP contribution in [0.3, 0.4) is 0 Å². The standard InChI is InChI=1S/2C7H5BrN2OS/c2*1-11-5-2-3-6(8)10-7(5)9-4-12/h2*2-3H,1H3. The van der Waals surface area contributed by atoms with Crippen LogP contribution in [0.1, 0.15) is 0 Å². The topological polar surface area (TPSA) is 69.0 Å². The van der Waals surface area contributed by atoms with Gasteiger partial charge in [0, 0.05) is 0 Å². The van der Waals surface area contributed by atoms with Crippen molar-refractivity contribution in [2.45, 2.75) is 0 Å². The van der Waals surface area contributed by atoms with Crippen LogP contribution in [-0.4, -0.2) is 34.5 Å². The number of pyridine rings is 2. The van der Waals surface area contributed by atoms with Crippen LogP contribution in [0.5, 0.6) is 11.5 Å². The largest absolute Gasteiger partial charge is 0.493 e. The van der Waals surface area contributed by atoms with E-state index in [1.54, 1.807) is 38.5 Å². The maximum Gasteiger partial charge on any atom is 0.206 e. The van der Waals surface area contributed by atoms with Crippen molar-refractivity contribution >= 4 is 78.3 Å². The lowest BCUT2D eigenvalue weighted by atomic mass is 10.4. The maximum atomic E-state index is 4.99. The highest BCUT2D eigenvalue weighted by Gasteiger charge is 2.03. The van der Waals surface area contributed by atoms with Crippen LogP contribution in [0.4, 0.5) is 11.6 Å². The van der Waals surface area contributed by atoms with E-state index in [4.69, 9.17) is 9.47 Å². The van der Waals surface area contributed by atoms with Crippen LogP contribution in [0, 0.1) is 0 Å². The van der Waals surface area contributed by atoms with Gasteiger partial charge in [0.2, 0.25) is 11.6 Å². The molecule has 0 spiro atoms. The van der Waals surface area contributed by atoms with Crippen LogP contribution < -0.4 is 9.47 Å². The van der Waals surface area contributed by atoms with Crippen LogP contribution in [0.15, 0.2) is 43.5 Å². The minimum atomic E-state index is 0.432. The quantitative estimate of drug-likeness (QED) is 0.335. The second-order valence-corrected chi connectivity index (χ2v) is 5.72. The lowest BCUT2D eigenvalue weighted by molar-refractivity contribution is 0.414. The second kappa shape index (κ2) is 11.1. The number of aromatic nitrogens is 2. The lowest BCUT2D eigenvalue weighted by Crippen LogP contribution is -1.85. The molecule has 0 aliphatic heterocycles. The molecule has 2 heterocycles. The van der Waals surface area contributed by atoms with Crippen molar-refractivity contribution < 1.29 is 9.47 Å². The summed E-state index contributed by atoms with van der Waals surface area (Å²) in [7, 11) is 3.10. The first-order valence-electron chi connectivity index (χ1n) is 6.12. The predicted octanol–water partition coefficient (Wildman–Crippen LogP) is 5.17. The van der Waals surface area contributed by atoms with E-state index in [2.05, 4.69) is 86.6 Å². The minimum absolute atomic E-state index is 0.432. The number of halogens is 2. The molecule has 0 saturated heterocycles. The number of aliphatic imine (C=N–C) groups is 2. The van der Waals surface area contributed by atoms with E-state index < -0.39 is 0 Å². The Morgan fingerprint density at radius 1 is 0.833 bits per heavy atom. The molecule has 0 aliphatic rings. The van der Waals surface area contributed by atoms with Crippen LogP contribution in [-0.2, 0) is 0 Å². The average Bonchev–Trinajstić information content (AvgIpc) is 2.57. The molecule has 24 heavy (non-hydrogen) atoms. The first-order chi connectivity index (χ1) is 11.5. The second-order valence-electron chi connectivity index (χ2n) is 3.73. The van der Waals surface area contributed by atoms with Gasteiger partial charge in [-0.25, -0.2) is 9.97 Å². The summed E-state index contributed by atoms with van der Waals surface area (Å²) in [4.78, 5) is 15.5. The molecule has 0 aromatic carbocycles. The van der Waals surface area contributed by atoms with E-state index >= 15 is 0 Å². The smallest absolute Gasteiger partial charge is 0.206 e. The SMILES string of the molecule is COc1ccc(Br)nc1N=C=S.COc1ccc(Br)nc1N=C=S. The number of methoxy groups -OCH3 is 2. The Hall–Kier alpha value is -1.54. The molecule has 0 bridgehead atoms. The molecule has 0 N–H and O–H groups in total. The summed E-state index contributed by atoms with van der Waals surface area (Å²) < 4.78 is 11.4. The molecule has 2 aromatic heterocycles. The third-order valence-electron chi connectivity index (χ3n) is 2.35. The van der Waals surface area contributed by atoms with Gasteiger partial charge in [-0.05, 0) is 80.6 Å². The molecular formula is C14H10Br2N4O2S2. The van der Waals surface area contributed by atoms with Gasteiger partial charge in [-0.1, -0.05) is 0 Å². The number of nitrogens with zero attached hydrogens (tertiary/aromatic N) is 4. The number of hydrogen-bond donors (Lipinski definition) is 0. The molecule has 10 heteroatoms. The van der Waals surface area contributed by atoms with Crippen LogP contribution in [0.25, 0.3) is 0 Å². The minimum Gasteiger partial charge on any atom is -0.493 e. The number of rotatable bonds is 4. The Labute approximate surface area is 166 Å². The fourth-order valence-electron chi connectivity index (χ4n) is 1.39. The van der Waals surface area contributed by atoms with Crippen LogP contribution in [0.2, 0.25) is 0 Å². The van der Waals surface area contributed by atoms with Gasteiger partial charge < -0.3 is 9.47 Å². The Morgan fingerprint density at radius 2 is 1.21 bits per heavy atom. The number of hydrogen-bond acceptors (Lipinski definition) is 8. The number of isothiocyanates is 2. The third-order valence-corrected chi connectivity index (χ3v) is 3.42. The van der Waals surface area contributed by atoms with Crippen LogP contribution >= 0.6 is 56.3 Å². The molecule has 0 fully saturated rings. The molecule has 0 radical (unpaired) electrons. The maximum absolute atomic E-state index is 4.99. The highest BCUT2D eigenvalue weighted by atomic mass is 79.9. The Bertz CT molecular complexity index is 740. The molecule has 0 atom stereocenters. The monoisotopic (exact) mass is 488 g/mol. The Kier molecular flexibility index (Phi) is 9.48. The highest BCUT2D eigenvalue weighted by Crippen LogP contribution is 2.26. The molecule has 2 aromatic rings. The summed E-state index contributed by atoms with van der Waals surface area (Å²) in [6.07, 6.45) is 0. The molecule has 0 unspecified atom stereocenters. The van der Waals surface area contributed by atoms with Gasteiger partial charge in [0.15, 0.2) is 11.5 Å². The zero-order valence-corrected chi connectivity index (χ0v) is 17.3. The van der Waals surface area contributed by atoms with E-state index in [1.165, 1.54) is 0 Å².